The van der Waals surface area contributed by atoms with Gasteiger partial charge in [-0.2, -0.15) is 0 Å². The Morgan fingerprint density at radius 2 is 1.95 bits per heavy atom. The minimum atomic E-state index is -3.47. The van der Waals surface area contributed by atoms with Gasteiger partial charge in [0.25, 0.3) is 0 Å². The van der Waals surface area contributed by atoms with E-state index >= 15 is 0 Å². The van der Waals surface area contributed by atoms with Crippen molar-refractivity contribution in [3.05, 3.63) is 27.7 Å². The second-order valence-electron chi connectivity index (χ2n) is 5.77. The van der Waals surface area contributed by atoms with Crippen LogP contribution >= 0.6 is 27.5 Å². The number of halogens is 2. The second kappa shape index (κ2) is 6.99. The first-order valence-electron chi connectivity index (χ1n) is 7.17. The van der Waals surface area contributed by atoms with Crippen LogP contribution in [0, 0.1) is 12.8 Å². The van der Waals surface area contributed by atoms with Crippen molar-refractivity contribution in [2.24, 2.45) is 5.92 Å². The molecule has 0 heterocycles. The summed E-state index contributed by atoms with van der Waals surface area (Å²) in [6.07, 6.45) is 4.68. The first-order chi connectivity index (χ1) is 9.86. The molecule has 1 fully saturated rings. The first-order valence-corrected chi connectivity index (χ1v) is 9.94. The Bertz CT molecular complexity index is 612. The number of hydrogen-bond acceptors (Lipinski definition) is 2. The van der Waals surface area contributed by atoms with Crippen LogP contribution in [0.4, 0.5) is 0 Å². The molecule has 0 N–H and O–H groups in total. The van der Waals surface area contributed by atoms with Gasteiger partial charge in [0.2, 0.25) is 10.0 Å². The molecule has 1 aromatic rings. The van der Waals surface area contributed by atoms with Crippen LogP contribution in [0.2, 0.25) is 0 Å². The Balaban J connectivity index is 2.31. The van der Waals surface area contributed by atoms with Crippen LogP contribution in [0.15, 0.2) is 21.5 Å². The number of benzene rings is 1. The van der Waals surface area contributed by atoms with Crippen LogP contribution in [0.3, 0.4) is 0 Å². The molecular weight excluding hydrogens is 374 g/mol. The van der Waals surface area contributed by atoms with Crippen molar-refractivity contribution in [3.63, 3.8) is 0 Å². The van der Waals surface area contributed by atoms with Gasteiger partial charge < -0.3 is 0 Å². The van der Waals surface area contributed by atoms with Crippen molar-refractivity contribution in [3.8, 4) is 0 Å². The molecule has 0 unspecified atom stereocenters. The predicted octanol–water partition coefficient (Wildman–Crippen LogP) is 4.31. The molecule has 0 bridgehead atoms. The van der Waals surface area contributed by atoms with Crippen LogP contribution in [0.1, 0.15) is 36.8 Å². The average Bonchev–Trinajstić information content (AvgIpc) is 2.94. The Kier molecular flexibility index (Phi) is 5.74. The number of nitrogens with zero attached hydrogens (tertiary/aromatic N) is 1. The summed E-state index contributed by atoms with van der Waals surface area (Å²) in [5.41, 5.74) is 1.55. The minimum Gasteiger partial charge on any atom is -0.207 e. The first kappa shape index (κ1) is 17.3. The lowest BCUT2D eigenvalue weighted by molar-refractivity contribution is 0.387. The van der Waals surface area contributed by atoms with E-state index in [0.29, 0.717) is 23.2 Å². The molecule has 0 spiro atoms. The summed E-state index contributed by atoms with van der Waals surface area (Å²) >= 11 is 9.29. The van der Waals surface area contributed by atoms with Crippen molar-refractivity contribution >= 4 is 37.6 Å². The molecule has 1 saturated carbocycles. The topological polar surface area (TPSA) is 37.4 Å². The zero-order valence-corrected chi connectivity index (χ0v) is 15.6. The van der Waals surface area contributed by atoms with E-state index in [9.17, 15) is 8.42 Å². The van der Waals surface area contributed by atoms with Crippen LogP contribution in [0.25, 0.3) is 0 Å². The molecule has 0 saturated heterocycles. The van der Waals surface area contributed by atoms with E-state index in [4.69, 9.17) is 11.6 Å². The number of rotatable bonds is 5. The monoisotopic (exact) mass is 393 g/mol. The predicted molar refractivity (Wildman–Crippen MR) is 90.2 cm³/mol. The summed E-state index contributed by atoms with van der Waals surface area (Å²) in [7, 11) is -1.79. The standard InChI is InChI=1S/C15H21BrClNO2S/c1-11-14(16)7-13(9-17)8-15(11)21(19,20)18(2)10-12-5-3-4-6-12/h7-8,12H,3-6,9-10H2,1-2H3. The molecule has 3 nitrogen and oxygen atoms in total. The number of alkyl halides is 1. The molecule has 0 aliphatic heterocycles. The third-order valence-corrected chi connectivity index (χ3v) is 7.27. The van der Waals surface area contributed by atoms with Crippen LogP contribution in [-0.2, 0) is 15.9 Å². The van der Waals surface area contributed by atoms with Gasteiger partial charge in [0.05, 0.1) is 4.90 Å². The molecule has 1 aliphatic carbocycles. The lowest BCUT2D eigenvalue weighted by Gasteiger charge is -2.22. The van der Waals surface area contributed by atoms with E-state index in [1.807, 2.05) is 13.0 Å². The van der Waals surface area contributed by atoms with E-state index in [1.54, 1.807) is 13.1 Å². The highest BCUT2D eigenvalue weighted by atomic mass is 79.9. The summed E-state index contributed by atoms with van der Waals surface area (Å²) in [6, 6.07) is 3.56. The molecule has 6 heteroatoms. The normalized spacial score (nSPS) is 16.8. The molecule has 0 aromatic heterocycles. The molecular formula is C15H21BrClNO2S. The van der Waals surface area contributed by atoms with Gasteiger partial charge in [0.1, 0.15) is 0 Å². The van der Waals surface area contributed by atoms with E-state index in [1.165, 1.54) is 17.1 Å². The fourth-order valence-electron chi connectivity index (χ4n) is 2.87. The summed E-state index contributed by atoms with van der Waals surface area (Å²) in [5, 5.41) is 0. The van der Waals surface area contributed by atoms with Gasteiger partial charge in [-0.15, -0.1) is 11.6 Å². The highest BCUT2D eigenvalue weighted by Crippen LogP contribution is 2.30. The number of sulfonamides is 1. The Hall–Kier alpha value is -0.100. The minimum absolute atomic E-state index is 0.299. The summed E-state index contributed by atoms with van der Waals surface area (Å²) in [6.45, 7) is 2.42. The van der Waals surface area contributed by atoms with Gasteiger partial charge in [-0.25, -0.2) is 12.7 Å². The molecule has 0 atom stereocenters. The zero-order valence-electron chi connectivity index (χ0n) is 12.4. The summed E-state index contributed by atoms with van der Waals surface area (Å²) in [4.78, 5) is 0.355. The highest BCUT2D eigenvalue weighted by molar-refractivity contribution is 9.10. The molecule has 118 valence electrons. The van der Waals surface area contributed by atoms with Crippen LogP contribution < -0.4 is 0 Å². The third kappa shape index (κ3) is 3.81. The lowest BCUT2D eigenvalue weighted by Crippen LogP contribution is -2.31. The van der Waals surface area contributed by atoms with Gasteiger partial charge in [-0.3, -0.25) is 0 Å². The second-order valence-corrected chi connectivity index (χ2v) is 8.91. The summed E-state index contributed by atoms with van der Waals surface area (Å²) in [5.74, 6) is 0.790. The quantitative estimate of drug-likeness (QED) is 0.698. The third-order valence-electron chi connectivity index (χ3n) is 4.19. The maximum absolute atomic E-state index is 12.8. The molecule has 2 rings (SSSR count). The largest absolute Gasteiger partial charge is 0.243 e. The van der Waals surface area contributed by atoms with Gasteiger partial charge >= 0.3 is 0 Å². The smallest absolute Gasteiger partial charge is 0.207 e. The fraction of sp³-hybridized carbons (Fsp3) is 0.600. The van der Waals surface area contributed by atoms with Gasteiger partial charge in [-0.1, -0.05) is 28.8 Å². The highest BCUT2D eigenvalue weighted by Gasteiger charge is 2.27. The summed E-state index contributed by atoms with van der Waals surface area (Å²) < 4.78 is 27.9. The Morgan fingerprint density at radius 1 is 1.33 bits per heavy atom. The fourth-order valence-corrected chi connectivity index (χ4v) is 5.21. The Labute approximate surface area is 140 Å². The maximum atomic E-state index is 12.8. The van der Waals surface area contributed by atoms with Gasteiger partial charge in [-0.05, 0) is 48.9 Å². The molecule has 0 amide bonds. The Morgan fingerprint density at radius 3 is 2.52 bits per heavy atom. The van der Waals surface area contributed by atoms with Gasteiger partial charge in [0, 0.05) is 23.9 Å². The zero-order chi connectivity index (χ0) is 15.6. The van der Waals surface area contributed by atoms with Crippen molar-refractivity contribution in [2.75, 3.05) is 13.6 Å². The van der Waals surface area contributed by atoms with Crippen molar-refractivity contribution in [1.82, 2.24) is 4.31 Å². The van der Waals surface area contributed by atoms with Crippen molar-refractivity contribution in [2.45, 2.75) is 43.4 Å². The van der Waals surface area contributed by atoms with E-state index < -0.39 is 10.0 Å². The van der Waals surface area contributed by atoms with Gasteiger partial charge in [0.15, 0.2) is 0 Å². The van der Waals surface area contributed by atoms with E-state index in [2.05, 4.69) is 15.9 Å². The average molecular weight is 395 g/mol. The maximum Gasteiger partial charge on any atom is 0.243 e. The SMILES string of the molecule is Cc1c(Br)cc(CCl)cc1S(=O)(=O)N(C)CC1CCCC1. The van der Waals surface area contributed by atoms with Crippen molar-refractivity contribution < 1.29 is 8.42 Å². The van der Waals surface area contributed by atoms with Crippen LogP contribution in [0.5, 0.6) is 0 Å². The molecule has 1 aromatic carbocycles. The van der Waals surface area contributed by atoms with Crippen LogP contribution in [-0.4, -0.2) is 26.3 Å². The molecule has 0 radical (unpaired) electrons. The van der Waals surface area contributed by atoms with E-state index in [-0.39, 0.29) is 0 Å². The lowest BCUT2D eigenvalue weighted by atomic mass is 10.1. The molecule has 1 aliphatic rings. The number of hydrogen-bond donors (Lipinski definition) is 0. The van der Waals surface area contributed by atoms with E-state index in [0.717, 1.165) is 28.4 Å². The van der Waals surface area contributed by atoms with Crippen molar-refractivity contribution in [1.29, 1.82) is 0 Å². The molecule has 21 heavy (non-hydrogen) atoms.